The van der Waals surface area contributed by atoms with Gasteiger partial charge in [0.15, 0.2) is 0 Å². The van der Waals surface area contributed by atoms with Crippen molar-refractivity contribution < 1.29 is 4.79 Å². The molecular formula is C4H9NO. The molecule has 0 fully saturated rings. The van der Waals surface area contributed by atoms with E-state index in [9.17, 15) is 4.79 Å². The minimum Gasteiger partial charge on any atom is -0.370 e. The Labute approximate surface area is 37.3 Å². The molecule has 0 atom stereocenters. The fourth-order valence-corrected chi connectivity index (χ4v) is 0.246. The van der Waals surface area contributed by atoms with Crippen LogP contribution in [-0.2, 0) is 4.79 Å². The normalized spacial score (nSPS) is 8.17. The summed E-state index contributed by atoms with van der Waals surface area (Å²) < 4.78 is 0. The van der Waals surface area contributed by atoms with Crippen LogP contribution in [0.1, 0.15) is 19.8 Å². The number of carbonyl (C=O) groups excluding carboxylic acids is 1. The topological polar surface area (TPSA) is 43.1 Å². The average Bonchev–Trinajstić information content (AvgIpc) is 1.35. The van der Waals surface area contributed by atoms with E-state index in [-0.39, 0.29) is 5.91 Å². The molecule has 2 nitrogen and oxygen atoms in total. The molecule has 36 valence electrons. The van der Waals surface area contributed by atoms with Crippen LogP contribution in [0, 0.1) is 0 Å². The van der Waals surface area contributed by atoms with Crippen LogP contribution in [0.3, 0.4) is 0 Å². The van der Waals surface area contributed by atoms with Gasteiger partial charge in [-0.1, -0.05) is 6.92 Å². The average molecular weight is 89.1 g/mol. The van der Waals surface area contributed by atoms with Crippen molar-refractivity contribution in [2.24, 2.45) is 5.73 Å². The fraction of sp³-hybridized carbons (Fsp3) is 0.750. The second kappa shape index (κ2) is 2.69. The molecule has 0 aromatic carbocycles. The number of primary amides is 1. The maximum atomic E-state index is 9.82. The first kappa shape index (κ1) is 5.47. The minimum atomic E-state index is -0.211. The summed E-state index contributed by atoms with van der Waals surface area (Å²) in [4.78, 5) is 9.82. The Kier molecular flexibility index (Phi) is 2.46. The SMILES string of the molecule is C[14CH2]CC(N)=O. The second-order valence-electron chi connectivity index (χ2n) is 1.22. The van der Waals surface area contributed by atoms with Gasteiger partial charge in [0.05, 0.1) is 0 Å². The van der Waals surface area contributed by atoms with E-state index in [1.54, 1.807) is 0 Å². The lowest BCUT2D eigenvalue weighted by molar-refractivity contribution is -0.118. The van der Waals surface area contributed by atoms with Crippen molar-refractivity contribution in [3.05, 3.63) is 0 Å². The first-order chi connectivity index (χ1) is 2.77. The molecule has 0 aromatic heterocycles. The van der Waals surface area contributed by atoms with Gasteiger partial charge in [0, 0.05) is 6.42 Å². The van der Waals surface area contributed by atoms with Gasteiger partial charge in [-0.3, -0.25) is 4.79 Å². The van der Waals surface area contributed by atoms with Crippen LogP contribution in [0.2, 0.25) is 0 Å². The summed E-state index contributed by atoms with van der Waals surface area (Å²) in [5.74, 6) is -0.211. The van der Waals surface area contributed by atoms with Crippen LogP contribution in [0.15, 0.2) is 0 Å². The van der Waals surface area contributed by atoms with E-state index in [0.29, 0.717) is 6.42 Å². The molecule has 0 aliphatic rings. The molecule has 1 amide bonds. The Morgan fingerprint density at radius 1 is 2.00 bits per heavy atom. The summed E-state index contributed by atoms with van der Waals surface area (Å²) in [5.41, 5.74) is 4.76. The van der Waals surface area contributed by atoms with Gasteiger partial charge in [0.1, 0.15) is 0 Å². The lowest BCUT2D eigenvalue weighted by atomic mass is 10.6. The highest BCUT2D eigenvalue weighted by atomic mass is 16.1. The summed E-state index contributed by atoms with van der Waals surface area (Å²) in [6.45, 7) is 1.92. The van der Waals surface area contributed by atoms with E-state index in [2.05, 4.69) is 0 Å². The molecular weight excluding hydrogens is 80.0 g/mol. The molecule has 0 rings (SSSR count). The third kappa shape index (κ3) is 3.47. The lowest BCUT2D eigenvalue weighted by Gasteiger charge is -1.81. The highest BCUT2D eigenvalue weighted by Crippen LogP contribution is 1.79. The van der Waals surface area contributed by atoms with Crippen molar-refractivity contribution in [2.75, 3.05) is 0 Å². The van der Waals surface area contributed by atoms with Crippen molar-refractivity contribution in [1.29, 1.82) is 0 Å². The second-order valence-corrected chi connectivity index (χ2v) is 1.22. The largest absolute Gasteiger partial charge is 0.370 e. The first-order valence-corrected chi connectivity index (χ1v) is 2.05. The molecule has 2 heteroatoms. The molecule has 0 radical (unpaired) electrons. The van der Waals surface area contributed by atoms with Crippen LogP contribution >= 0.6 is 0 Å². The Morgan fingerprint density at radius 3 is 2.50 bits per heavy atom. The number of nitrogens with two attached hydrogens (primary N) is 1. The van der Waals surface area contributed by atoms with Crippen molar-refractivity contribution in [3.8, 4) is 0 Å². The van der Waals surface area contributed by atoms with Gasteiger partial charge in [0.25, 0.3) is 0 Å². The van der Waals surface area contributed by atoms with Crippen molar-refractivity contribution in [1.82, 2.24) is 0 Å². The zero-order valence-electron chi connectivity index (χ0n) is 3.90. The molecule has 0 saturated carbocycles. The van der Waals surface area contributed by atoms with Gasteiger partial charge in [-0.2, -0.15) is 0 Å². The smallest absolute Gasteiger partial charge is 0.217 e. The molecule has 2 N–H and O–H groups in total. The predicted molar refractivity (Wildman–Crippen MR) is 24.1 cm³/mol. The van der Waals surface area contributed by atoms with E-state index in [4.69, 9.17) is 5.73 Å². The molecule has 0 unspecified atom stereocenters. The van der Waals surface area contributed by atoms with Gasteiger partial charge in [-0.05, 0) is 6.42 Å². The molecule has 0 aliphatic carbocycles. The summed E-state index contributed by atoms with van der Waals surface area (Å²) in [7, 11) is 0. The standard InChI is InChI=1S/C4H9NO/c1-2-3-4(5)6/h2-3H2,1H3,(H2,5,6)/i2+2. The Morgan fingerprint density at radius 2 is 2.50 bits per heavy atom. The summed E-state index contributed by atoms with van der Waals surface area (Å²) in [5, 5.41) is 0. The quantitative estimate of drug-likeness (QED) is 0.518. The number of amides is 1. The van der Waals surface area contributed by atoms with Crippen LogP contribution < -0.4 is 5.73 Å². The van der Waals surface area contributed by atoms with Crippen LogP contribution in [0.25, 0.3) is 0 Å². The van der Waals surface area contributed by atoms with Crippen molar-refractivity contribution in [3.63, 3.8) is 0 Å². The predicted octanol–water partition coefficient (Wildman–Crippen LogP) is 0.272. The van der Waals surface area contributed by atoms with Gasteiger partial charge in [-0.25, -0.2) is 0 Å². The molecule has 0 saturated heterocycles. The van der Waals surface area contributed by atoms with E-state index in [1.165, 1.54) is 0 Å². The van der Waals surface area contributed by atoms with Crippen LogP contribution in [0.4, 0.5) is 0 Å². The van der Waals surface area contributed by atoms with E-state index in [1.807, 2.05) is 6.92 Å². The molecule has 0 heterocycles. The lowest BCUT2D eigenvalue weighted by Crippen LogP contribution is -2.08. The number of hydrogen-bond acceptors (Lipinski definition) is 1. The van der Waals surface area contributed by atoms with Crippen molar-refractivity contribution >= 4 is 5.91 Å². The Bertz CT molecular complexity index is 51.5. The van der Waals surface area contributed by atoms with Crippen molar-refractivity contribution in [2.45, 2.75) is 19.8 Å². The summed E-state index contributed by atoms with van der Waals surface area (Å²) in [6.07, 6.45) is 1.37. The van der Waals surface area contributed by atoms with Gasteiger partial charge in [-0.15, -0.1) is 0 Å². The van der Waals surface area contributed by atoms with E-state index < -0.39 is 0 Å². The number of rotatable bonds is 2. The number of hydrogen-bond donors (Lipinski definition) is 1. The first-order valence-electron chi connectivity index (χ1n) is 2.05. The zero-order valence-corrected chi connectivity index (χ0v) is 3.90. The summed E-state index contributed by atoms with van der Waals surface area (Å²) in [6, 6.07) is 0. The fourth-order valence-electron chi connectivity index (χ4n) is 0.246. The van der Waals surface area contributed by atoms with Gasteiger partial charge >= 0.3 is 0 Å². The highest BCUT2D eigenvalue weighted by molar-refractivity contribution is 5.73. The van der Waals surface area contributed by atoms with E-state index >= 15 is 0 Å². The van der Waals surface area contributed by atoms with Crippen LogP contribution in [0.5, 0.6) is 0 Å². The molecule has 0 bridgehead atoms. The molecule has 0 aliphatic heterocycles. The van der Waals surface area contributed by atoms with E-state index in [0.717, 1.165) is 6.42 Å². The zero-order chi connectivity index (χ0) is 4.99. The monoisotopic (exact) mass is 89.1 g/mol. The molecule has 0 aromatic rings. The van der Waals surface area contributed by atoms with Crippen LogP contribution in [-0.4, -0.2) is 5.91 Å². The maximum Gasteiger partial charge on any atom is 0.217 e. The van der Waals surface area contributed by atoms with Gasteiger partial charge < -0.3 is 5.73 Å². The Balaban J connectivity index is 2.83. The third-order valence-electron chi connectivity index (χ3n) is 0.496. The maximum absolute atomic E-state index is 9.82. The third-order valence-corrected chi connectivity index (χ3v) is 0.496. The molecule has 6 heavy (non-hydrogen) atoms. The number of carbonyl (C=O) groups is 1. The minimum absolute atomic E-state index is 0.211. The highest BCUT2D eigenvalue weighted by Gasteiger charge is 1.84. The van der Waals surface area contributed by atoms with Gasteiger partial charge in [0.2, 0.25) is 5.91 Å². The Hall–Kier alpha value is -0.530. The molecule has 0 spiro atoms. The summed E-state index contributed by atoms with van der Waals surface area (Å²) >= 11 is 0.